The fourth-order valence-corrected chi connectivity index (χ4v) is 1.92. The summed E-state index contributed by atoms with van der Waals surface area (Å²) in [6, 6.07) is 10.5. The summed E-state index contributed by atoms with van der Waals surface area (Å²) < 4.78 is 6.36. The molecule has 0 atom stereocenters. The maximum atomic E-state index is 11.1. The largest absolute Gasteiger partial charge is 0.478 e. The van der Waals surface area contributed by atoms with Gasteiger partial charge >= 0.3 is 11.7 Å². The van der Waals surface area contributed by atoms with Crippen molar-refractivity contribution in [3.8, 4) is 11.5 Å². The standard InChI is InChI=1S/C13H8INO5/c14-8-4-6-9(7-5-8)20-12-10(13(16)17)2-1-3-11(12)15(18)19/h1-7H,(H,16,17). The van der Waals surface area contributed by atoms with E-state index in [2.05, 4.69) is 22.6 Å². The molecule has 2 aromatic rings. The van der Waals surface area contributed by atoms with E-state index in [1.807, 2.05) is 0 Å². The minimum atomic E-state index is -1.28. The molecule has 0 unspecified atom stereocenters. The van der Waals surface area contributed by atoms with Gasteiger partial charge in [0.05, 0.1) is 4.92 Å². The number of rotatable bonds is 4. The van der Waals surface area contributed by atoms with Crippen LogP contribution in [0.25, 0.3) is 0 Å². The number of hydrogen-bond acceptors (Lipinski definition) is 4. The Bertz CT molecular complexity index is 637. The van der Waals surface area contributed by atoms with Gasteiger partial charge in [0.15, 0.2) is 0 Å². The van der Waals surface area contributed by atoms with Crippen molar-refractivity contribution in [2.45, 2.75) is 0 Å². The third-order valence-electron chi connectivity index (χ3n) is 2.45. The molecule has 1 N–H and O–H groups in total. The number of nitrogens with zero attached hydrogens (tertiary/aromatic N) is 1. The van der Waals surface area contributed by atoms with Gasteiger partial charge in [0.25, 0.3) is 0 Å². The molecule has 6 nitrogen and oxygen atoms in total. The third kappa shape index (κ3) is 3.05. The molecule has 0 bridgehead atoms. The summed E-state index contributed by atoms with van der Waals surface area (Å²) in [4.78, 5) is 21.4. The third-order valence-corrected chi connectivity index (χ3v) is 3.17. The molecule has 0 fully saturated rings. The maximum Gasteiger partial charge on any atom is 0.339 e. The first kappa shape index (κ1) is 14.3. The molecule has 0 radical (unpaired) electrons. The second-order valence-electron chi connectivity index (χ2n) is 3.77. The lowest BCUT2D eigenvalue weighted by Gasteiger charge is -2.09. The van der Waals surface area contributed by atoms with Crippen molar-refractivity contribution in [3.05, 3.63) is 61.7 Å². The summed E-state index contributed by atoms with van der Waals surface area (Å²) in [6.45, 7) is 0. The molecular weight excluding hydrogens is 377 g/mol. The smallest absolute Gasteiger partial charge is 0.339 e. The second-order valence-corrected chi connectivity index (χ2v) is 5.02. The summed E-state index contributed by atoms with van der Waals surface area (Å²) in [5, 5.41) is 20.1. The Labute approximate surface area is 127 Å². The number of carboxylic acid groups (broad SMARTS) is 1. The van der Waals surface area contributed by atoms with Gasteiger partial charge in [-0.15, -0.1) is 0 Å². The number of aromatic carboxylic acids is 1. The average Bonchev–Trinajstić information content (AvgIpc) is 2.41. The van der Waals surface area contributed by atoms with Crippen LogP contribution < -0.4 is 4.74 Å². The zero-order valence-corrected chi connectivity index (χ0v) is 12.1. The lowest BCUT2D eigenvalue weighted by molar-refractivity contribution is -0.385. The van der Waals surface area contributed by atoms with Crippen LogP contribution in [0, 0.1) is 13.7 Å². The molecule has 0 amide bonds. The van der Waals surface area contributed by atoms with Gasteiger partial charge in [-0.25, -0.2) is 4.79 Å². The van der Waals surface area contributed by atoms with Crippen molar-refractivity contribution < 1.29 is 19.6 Å². The van der Waals surface area contributed by atoms with Gasteiger partial charge in [0.1, 0.15) is 11.3 Å². The van der Waals surface area contributed by atoms with Gasteiger partial charge in [0, 0.05) is 9.64 Å². The molecular formula is C13H8INO5. The van der Waals surface area contributed by atoms with Crippen molar-refractivity contribution in [2.75, 3.05) is 0 Å². The van der Waals surface area contributed by atoms with E-state index >= 15 is 0 Å². The predicted molar refractivity (Wildman–Crippen MR) is 79.3 cm³/mol. The van der Waals surface area contributed by atoms with E-state index < -0.39 is 10.9 Å². The number of carbonyl (C=O) groups is 1. The van der Waals surface area contributed by atoms with E-state index in [0.717, 1.165) is 3.57 Å². The molecule has 0 aliphatic carbocycles. The van der Waals surface area contributed by atoms with Crippen molar-refractivity contribution in [3.63, 3.8) is 0 Å². The van der Waals surface area contributed by atoms with E-state index in [1.165, 1.54) is 18.2 Å². The fourth-order valence-electron chi connectivity index (χ4n) is 1.56. The van der Waals surface area contributed by atoms with Crippen LogP contribution in [0.3, 0.4) is 0 Å². The highest BCUT2D eigenvalue weighted by Crippen LogP contribution is 2.34. The highest BCUT2D eigenvalue weighted by molar-refractivity contribution is 14.1. The van der Waals surface area contributed by atoms with E-state index in [-0.39, 0.29) is 17.0 Å². The Morgan fingerprint density at radius 3 is 2.40 bits per heavy atom. The quantitative estimate of drug-likeness (QED) is 0.493. The van der Waals surface area contributed by atoms with E-state index in [4.69, 9.17) is 9.84 Å². The molecule has 0 aliphatic rings. The normalized spacial score (nSPS) is 10.1. The van der Waals surface area contributed by atoms with E-state index in [0.29, 0.717) is 5.75 Å². The maximum absolute atomic E-state index is 11.1. The summed E-state index contributed by atoms with van der Waals surface area (Å²) in [6.07, 6.45) is 0. The summed E-state index contributed by atoms with van der Waals surface area (Å²) in [5.74, 6) is -1.22. The predicted octanol–water partition coefficient (Wildman–Crippen LogP) is 3.69. The highest BCUT2D eigenvalue weighted by Gasteiger charge is 2.23. The van der Waals surface area contributed by atoms with Crippen LogP contribution in [0.1, 0.15) is 10.4 Å². The van der Waals surface area contributed by atoms with Crippen LogP contribution in [0.15, 0.2) is 42.5 Å². The van der Waals surface area contributed by atoms with Crippen molar-refractivity contribution in [2.24, 2.45) is 0 Å². The molecule has 0 aromatic heterocycles. The van der Waals surface area contributed by atoms with E-state index in [1.54, 1.807) is 24.3 Å². The molecule has 0 saturated carbocycles. The van der Waals surface area contributed by atoms with Gasteiger partial charge in [-0.05, 0) is 52.9 Å². The summed E-state index contributed by atoms with van der Waals surface area (Å²) in [7, 11) is 0. The van der Waals surface area contributed by atoms with Gasteiger partial charge in [0.2, 0.25) is 5.75 Å². The first-order chi connectivity index (χ1) is 9.49. The SMILES string of the molecule is O=C(O)c1cccc([N+](=O)[O-])c1Oc1ccc(I)cc1. The lowest BCUT2D eigenvalue weighted by atomic mass is 10.1. The first-order valence-corrected chi connectivity index (χ1v) is 6.51. The molecule has 0 aliphatic heterocycles. The van der Waals surface area contributed by atoms with E-state index in [9.17, 15) is 14.9 Å². The zero-order chi connectivity index (χ0) is 14.7. The number of benzene rings is 2. The lowest BCUT2D eigenvalue weighted by Crippen LogP contribution is -2.03. The number of nitro benzene ring substituents is 1. The Morgan fingerprint density at radius 1 is 1.20 bits per heavy atom. The number of ether oxygens (including phenoxy) is 1. The van der Waals surface area contributed by atoms with Gasteiger partial charge in [-0.1, -0.05) is 6.07 Å². The van der Waals surface area contributed by atoms with Crippen LogP contribution in [-0.4, -0.2) is 16.0 Å². The fraction of sp³-hybridized carbons (Fsp3) is 0. The van der Waals surface area contributed by atoms with Gasteiger partial charge < -0.3 is 9.84 Å². The Kier molecular flexibility index (Phi) is 4.18. The van der Waals surface area contributed by atoms with Gasteiger partial charge in [-0.3, -0.25) is 10.1 Å². The number of hydrogen-bond donors (Lipinski definition) is 1. The molecule has 7 heteroatoms. The number of nitro groups is 1. The summed E-state index contributed by atoms with van der Waals surface area (Å²) in [5.41, 5.74) is -0.638. The van der Waals surface area contributed by atoms with Crippen molar-refractivity contribution >= 4 is 34.2 Å². The van der Waals surface area contributed by atoms with Crippen LogP contribution in [0.4, 0.5) is 5.69 Å². The Morgan fingerprint density at radius 2 is 1.85 bits per heavy atom. The number of carboxylic acids is 1. The molecule has 0 spiro atoms. The molecule has 20 heavy (non-hydrogen) atoms. The second kappa shape index (κ2) is 5.87. The molecule has 102 valence electrons. The van der Waals surface area contributed by atoms with Gasteiger partial charge in [-0.2, -0.15) is 0 Å². The molecule has 0 heterocycles. The molecule has 0 saturated heterocycles. The molecule has 2 aromatic carbocycles. The van der Waals surface area contributed by atoms with Crippen LogP contribution in [0.5, 0.6) is 11.5 Å². The molecule has 2 rings (SSSR count). The Balaban J connectivity index is 2.50. The minimum absolute atomic E-state index is 0.252. The van der Waals surface area contributed by atoms with Crippen molar-refractivity contribution in [1.29, 1.82) is 0 Å². The average molecular weight is 385 g/mol. The summed E-state index contributed by atoms with van der Waals surface area (Å²) >= 11 is 2.10. The van der Waals surface area contributed by atoms with Crippen LogP contribution in [-0.2, 0) is 0 Å². The highest BCUT2D eigenvalue weighted by atomic mass is 127. The first-order valence-electron chi connectivity index (χ1n) is 5.43. The van der Waals surface area contributed by atoms with Crippen LogP contribution >= 0.6 is 22.6 Å². The number of para-hydroxylation sites is 1. The van der Waals surface area contributed by atoms with Crippen LogP contribution in [0.2, 0.25) is 0 Å². The number of halogens is 1. The topological polar surface area (TPSA) is 89.7 Å². The zero-order valence-electron chi connectivity index (χ0n) is 9.95. The Hall–Kier alpha value is -2.16. The minimum Gasteiger partial charge on any atom is -0.478 e. The van der Waals surface area contributed by atoms with Crippen molar-refractivity contribution in [1.82, 2.24) is 0 Å². The monoisotopic (exact) mass is 385 g/mol.